The monoisotopic (exact) mass is 273 g/mol. The number of aromatic hydroxyl groups is 1. The van der Waals surface area contributed by atoms with Crippen molar-refractivity contribution in [3.63, 3.8) is 0 Å². The van der Waals surface area contributed by atoms with Crippen LogP contribution in [0.4, 0.5) is 0 Å². The van der Waals surface area contributed by atoms with Gasteiger partial charge in [0.05, 0.1) is 16.6 Å². The van der Waals surface area contributed by atoms with Gasteiger partial charge in [-0.05, 0) is 27.9 Å². The van der Waals surface area contributed by atoms with E-state index in [-0.39, 0.29) is 11.7 Å². The van der Waals surface area contributed by atoms with E-state index >= 15 is 0 Å². The summed E-state index contributed by atoms with van der Waals surface area (Å²) in [5.41, 5.74) is 6.44. The van der Waals surface area contributed by atoms with Crippen LogP contribution >= 0.6 is 15.9 Å². The Balaban J connectivity index is 3.01. The van der Waals surface area contributed by atoms with E-state index in [0.717, 1.165) is 0 Å². The maximum absolute atomic E-state index is 9.81. The Bertz CT molecular complexity index is 341. The summed E-state index contributed by atoms with van der Waals surface area (Å²) in [4.78, 5) is 0. The van der Waals surface area contributed by atoms with Gasteiger partial charge < -0.3 is 15.9 Å². The van der Waals surface area contributed by atoms with Gasteiger partial charge in [0, 0.05) is 5.56 Å². The van der Waals surface area contributed by atoms with Crippen molar-refractivity contribution in [3.8, 4) is 5.75 Å². The number of hydrogen-bond donors (Lipinski definition) is 3. The zero-order valence-corrected chi connectivity index (χ0v) is 10.4. The number of nitrogens with two attached hydrogens (primary N) is 1. The van der Waals surface area contributed by atoms with Crippen molar-refractivity contribution < 1.29 is 10.2 Å². The number of aliphatic hydroxyl groups excluding tert-OH is 1. The van der Waals surface area contributed by atoms with Crippen LogP contribution in [0.15, 0.2) is 22.7 Å². The molecule has 1 aromatic rings. The Morgan fingerprint density at radius 2 is 1.93 bits per heavy atom. The van der Waals surface area contributed by atoms with Gasteiger partial charge >= 0.3 is 0 Å². The van der Waals surface area contributed by atoms with Crippen molar-refractivity contribution in [2.75, 3.05) is 0 Å². The lowest BCUT2D eigenvalue weighted by atomic mass is 9.94. The molecule has 0 aliphatic heterocycles. The molecule has 1 aromatic carbocycles. The van der Waals surface area contributed by atoms with Gasteiger partial charge in [-0.1, -0.05) is 26.0 Å². The van der Waals surface area contributed by atoms with Crippen molar-refractivity contribution in [3.05, 3.63) is 28.2 Å². The molecular formula is C11H16BrNO2. The first-order valence-corrected chi connectivity index (χ1v) is 5.65. The number of phenols is 1. The van der Waals surface area contributed by atoms with E-state index < -0.39 is 12.1 Å². The standard InChI is InChI=1S/C11H16BrNO2/c1-6(2)10(14)9(13)7-4-3-5-8(12)11(7)15/h3-6,9-10,14-15H,13H2,1-2H3/t9-,10+/m1/s1. The van der Waals surface area contributed by atoms with Gasteiger partial charge in [-0.15, -0.1) is 0 Å². The lowest BCUT2D eigenvalue weighted by Crippen LogP contribution is -2.30. The highest BCUT2D eigenvalue weighted by Crippen LogP contribution is 2.33. The summed E-state index contributed by atoms with van der Waals surface area (Å²) in [5, 5.41) is 19.6. The highest BCUT2D eigenvalue weighted by atomic mass is 79.9. The molecule has 0 heterocycles. The fourth-order valence-corrected chi connectivity index (χ4v) is 1.78. The maximum Gasteiger partial charge on any atom is 0.134 e. The Morgan fingerprint density at radius 1 is 1.33 bits per heavy atom. The third-order valence-corrected chi connectivity index (χ3v) is 3.07. The van der Waals surface area contributed by atoms with Gasteiger partial charge in [-0.3, -0.25) is 0 Å². The largest absolute Gasteiger partial charge is 0.506 e. The van der Waals surface area contributed by atoms with E-state index in [1.807, 2.05) is 13.8 Å². The average molecular weight is 274 g/mol. The molecule has 84 valence electrons. The van der Waals surface area contributed by atoms with Gasteiger partial charge in [0.25, 0.3) is 0 Å². The zero-order valence-electron chi connectivity index (χ0n) is 8.81. The molecule has 0 amide bonds. The Morgan fingerprint density at radius 3 is 2.47 bits per heavy atom. The first-order chi connectivity index (χ1) is 6.95. The molecule has 15 heavy (non-hydrogen) atoms. The number of phenolic OH excluding ortho intramolecular Hbond substituents is 1. The summed E-state index contributed by atoms with van der Waals surface area (Å²) in [6.45, 7) is 3.78. The SMILES string of the molecule is CC(C)[C@H](O)[C@H](N)c1cccc(Br)c1O. The molecule has 3 nitrogen and oxygen atoms in total. The second-order valence-electron chi connectivity index (χ2n) is 3.94. The molecule has 4 N–H and O–H groups in total. The summed E-state index contributed by atoms with van der Waals surface area (Å²) in [6, 6.07) is 4.66. The predicted octanol–water partition coefficient (Wildman–Crippen LogP) is 2.17. The fourth-order valence-electron chi connectivity index (χ4n) is 1.40. The van der Waals surface area contributed by atoms with Gasteiger partial charge in [0.2, 0.25) is 0 Å². The van der Waals surface area contributed by atoms with Crippen LogP contribution in [0.2, 0.25) is 0 Å². The summed E-state index contributed by atoms with van der Waals surface area (Å²) < 4.78 is 0.589. The molecule has 4 heteroatoms. The molecule has 0 aliphatic rings. The van der Waals surface area contributed by atoms with Crippen molar-refractivity contribution in [1.82, 2.24) is 0 Å². The van der Waals surface area contributed by atoms with Crippen LogP contribution in [-0.2, 0) is 0 Å². The summed E-state index contributed by atoms with van der Waals surface area (Å²) in [5.74, 6) is 0.156. The quantitative estimate of drug-likeness (QED) is 0.791. The van der Waals surface area contributed by atoms with E-state index in [9.17, 15) is 10.2 Å². The Hall–Kier alpha value is -0.580. The lowest BCUT2D eigenvalue weighted by Gasteiger charge is -2.23. The first kappa shape index (κ1) is 12.5. The number of halogens is 1. The van der Waals surface area contributed by atoms with Crippen LogP contribution in [0.25, 0.3) is 0 Å². The van der Waals surface area contributed by atoms with Crippen molar-refractivity contribution in [2.24, 2.45) is 11.7 Å². The minimum absolute atomic E-state index is 0.0541. The maximum atomic E-state index is 9.81. The molecule has 0 saturated heterocycles. The molecule has 0 aromatic heterocycles. The van der Waals surface area contributed by atoms with Crippen LogP contribution in [0, 0.1) is 5.92 Å². The second kappa shape index (κ2) is 4.96. The van der Waals surface area contributed by atoms with E-state index in [4.69, 9.17) is 5.73 Å². The molecule has 1 rings (SSSR count). The summed E-state index contributed by atoms with van der Waals surface area (Å²) >= 11 is 3.21. The number of hydrogen-bond acceptors (Lipinski definition) is 3. The molecular weight excluding hydrogens is 258 g/mol. The molecule has 0 bridgehead atoms. The molecule has 0 fully saturated rings. The average Bonchev–Trinajstić information content (AvgIpc) is 2.20. The van der Waals surface area contributed by atoms with Crippen LogP contribution in [0.1, 0.15) is 25.5 Å². The normalized spacial score (nSPS) is 15.3. The lowest BCUT2D eigenvalue weighted by molar-refractivity contribution is 0.0969. The molecule has 0 unspecified atom stereocenters. The number of aliphatic hydroxyl groups is 1. The smallest absolute Gasteiger partial charge is 0.134 e. The predicted molar refractivity (Wildman–Crippen MR) is 63.6 cm³/mol. The highest BCUT2D eigenvalue weighted by Gasteiger charge is 2.23. The number of benzene rings is 1. The van der Waals surface area contributed by atoms with Gasteiger partial charge in [-0.25, -0.2) is 0 Å². The minimum atomic E-state index is -0.662. The summed E-state index contributed by atoms with van der Waals surface area (Å²) in [6.07, 6.45) is -0.662. The van der Waals surface area contributed by atoms with Crippen molar-refractivity contribution >= 4 is 15.9 Å². The topological polar surface area (TPSA) is 66.5 Å². The van der Waals surface area contributed by atoms with Crippen LogP contribution < -0.4 is 5.73 Å². The van der Waals surface area contributed by atoms with Crippen LogP contribution in [-0.4, -0.2) is 16.3 Å². The van der Waals surface area contributed by atoms with Crippen molar-refractivity contribution in [1.29, 1.82) is 0 Å². The molecule has 0 saturated carbocycles. The third-order valence-electron chi connectivity index (χ3n) is 2.43. The highest BCUT2D eigenvalue weighted by molar-refractivity contribution is 9.10. The summed E-state index contributed by atoms with van der Waals surface area (Å²) in [7, 11) is 0. The molecule has 0 aliphatic carbocycles. The molecule has 0 spiro atoms. The number of para-hydroxylation sites is 1. The van der Waals surface area contributed by atoms with E-state index in [0.29, 0.717) is 10.0 Å². The van der Waals surface area contributed by atoms with Crippen LogP contribution in [0.3, 0.4) is 0 Å². The van der Waals surface area contributed by atoms with E-state index in [2.05, 4.69) is 15.9 Å². The van der Waals surface area contributed by atoms with Gasteiger partial charge in [-0.2, -0.15) is 0 Å². The van der Waals surface area contributed by atoms with Crippen molar-refractivity contribution in [2.45, 2.75) is 26.0 Å². The minimum Gasteiger partial charge on any atom is -0.506 e. The van der Waals surface area contributed by atoms with E-state index in [1.165, 1.54) is 0 Å². The van der Waals surface area contributed by atoms with E-state index in [1.54, 1.807) is 18.2 Å². The fraction of sp³-hybridized carbons (Fsp3) is 0.455. The van der Waals surface area contributed by atoms with Gasteiger partial charge in [0.15, 0.2) is 0 Å². The third kappa shape index (κ3) is 2.71. The Labute approximate surface area is 98.1 Å². The molecule has 2 atom stereocenters. The zero-order chi connectivity index (χ0) is 11.6. The number of rotatable bonds is 3. The molecule has 0 radical (unpaired) electrons. The van der Waals surface area contributed by atoms with Gasteiger partial charge in [0.1, 0.15) is 5.75 Å². The van der Waals surface area contributed by atoms with Crippen LogP contribution in [0.5, 0.6) is 5.75 Å². The first-order valence-electron chi connectivity index (χ1n) is 4.86. The second-order valence-corrected chi connectivity index (χ2v) is 4.79. The Kier molecular flexibility index (Phi) is 4.13.